The van der Waals surface area contributed by atoms with Crippen molar-refractivity contribution in [1.29, 1.82) is 0 Å². The van der Waals surface area contributed by atoms with Crippen LogP contribution in [0.1, 0.15) is 52.9 Å². The molecule has 0 aromatic rings. The van der Waals surface area contributed by atoms with Gasteiger partial charge in [0.2, 0.25) is 0 Å². The Bertz CT molecular complexity index is 347. The minimum atomic E-state index is -0.449. The molecular formula is C13H27N5OS. The number of nitrogens with two attached hydrogens (primary N) is 1. The summed E-state index contributed by atoms with van der Waals surface area (Å²) in [5.74, 6) is 5.78. The number of nitrogens with zero attached hydrogens (tertiary/aromatic N) is 3. The van der Waals surface area contributed by atoms with E-state index in [2.05, 4.69) is 15.5 Å². The summed E-state index contributed by atoms with van der Waals surface area (Å²) in [6, 6.07) is 0. The third-order valence-corrected chi connectivity index (χ3v) is 3.50. The highest BCUT2D eigenvalue weighted by Gasteiger charge is 2.34. The van der Waals surface area contributed by atoms with Crippen molar-refractivity contribution in [2.45, 2.75) is 64.1 Å². The maximum atomic E-state index is 8.91. The fourth-order valence-electron chi connectivity index (χ4n) is 2.11. The SMILES string of the molecule is CC(C)(C)/N=N/C1(NC(=S)N(N)CCO)CCCCC1. The topological polar surface area (TPSA) is 86.2 Å². The number of hydrazine groups is 1. The van der Waals surface area contributed by atoms with Gasteiger partial charge in [0, 0.05) is 0 Å². The van der Waals surface area contributed by atoms with Crippen LogP contribution in [-0.2, 0) is 0 Å². The Morgan fingerprint density at radius 2 is 1.95 bits per heavy atom. The van der Waals surface area contributed by atoms with Crippen molar-refractivity contribution in [1.82, 2.24) is 10.3 Å². The van der Waals surface area contributed by atoms with E-state index in [9.17, 15) is 0 Å². The van der Waals surface area contributed by atoms with Gasteiger partial charge in [0.1, 0.15) is 0 Å². The van der Waals surface area contributed by atoms with E-state index in [4.69, 9.17) is 23.2 Å². The van der Waals surface area contributed by atoms with Crippen LogP contribution in [0.5, 0.6) is 0 Å². The summed E-state index contributed by atoms with van der Waals surface area (Å²) in [5.41, 5.74) is -0.656. The smallest absolute Gasteiger partial charge is 0.185 e. The molecule has 0 bridgehead atoms. The van der Waals surface area contributed by atoms with Crippen molar-refractivity contribution >= 4 is 17.3 Å². The number of aliphatic hydroxyl groups excluding tert-OH is 1. The largest absolute Gasteiger partial charge is 0.394 e. The van der Waals surface area contributed by atoms with E-state index in [1.54, 1.807) is 0 Å². The number of rotatable bonds is 4. The van der Waals surface area contributed by atoms with Crippen LogP contribution in [0.4, 0.5) is 0 Å². The van der Waals surface area contributed by atoms with Gasteiger partial charge in [0.15, 0.2) is 10.8 Å². The highest BCUT2D eigenvalue weighted by molar-refractivity contribution is 7.80. The van der Waals surface area contributed by atoms with E-state index < -0.39 is 5.66 Å². The minimum Gasteiger partial charge on any atom is -0.394 e. The molecule has 1 aliphatic rings. The van der Waals surface area contributed by atoms with E-state index in [1.165, 1.54) is 11.4 Å². The second-order valence-electron chi connectivity index (χ2n) is 6.31. The zero-order valence-electron chi connectivity index (χ0n) is 12.7. The van der Waals surface area contributed by atoms with Crippen LogP contribution in [0.15, 0.2) is 10.2 Å². The van der Waals surface area contributed by atoms with Gasteiger partial charge >= 0.3 is 0 Å². The van der Waals surface area contributed by atoms with Gasteiger partial charge in [-0.05, 0) is 58.7 Å². The maximum absolute atomic E-state index is 8.91. The minimum absolute atomic E-state index is 0.0329. The molecule has 0 aromatic heterocycles. The Labute approximate surface area is 126 Å². The van der Waals surface area contributed by atoms with Crippen LogP contribution in [0, 0.1) is 0 Å². The predicted molar refractivity (Wildman–Crippen MR) is 84.1 cm³/mol. The summed E-state index contributed by atoms with van der Waals surface area (Å²) in [5, 5.41) is 22.9. The Hall–Kier alpha value is -0.790. The van der Waals surface area contributed by atoms with Crippen LogP contribution in [0.2, 0.25) is 0 Å². The van der Waals surface area contributed by atoms with Gasteiger partial charge in [-0.1, -0.05) is 6.42 Å². The molecule has 1 saturated carbocycles. The zero-order valence-corrected chi connectivity index (χ0v) is 13.5. The summed E-state index contributed by atoms with van der Waals surface area (Å²) in [7, 11) is 0. The van der Waals surface area contributed by atoms with Gasteiger partial charge in [0.25, 0.3) is 0 Å². The first-order chi connectivity index (χ1) is 9.28. The predicted octanol–water partition coefficient (Wildman–Crippen LogP) is 1.94. The van der Waals surface area contributed by atoms with Crippen molar-refractivity contribution in [3.8, 4) is 0 Å². The molecule has 0 amide bonds. The van der Waals surface area contributed by atoms with Gasteiger partial charge in [0.05, 0.1) is 18.7 Å². The lowest BCUT2D eigenvalue weighted by Crippen LogP contribution is -2.55. The fourth-order valence-corrected chi connectivity index (χ4v) is 2.39. The molecule has 0 radical (unpaired) electrons. The van der Waals surface area contributed by atoms with E-state index in [-0.39, 0.29) is 12.1 Å². The second-order valence-corrected chi connectivity index (χ2v) is 6.70. The molecule has 0 atom stereocenters. The average Bonchev–Trinajstić information content (AvgIpc) is 2.37. The lowest BCUT2D eigenvalue weighted by Gasteiger charge is -2.36. The molecule has 1 aliphatic carbocycles. The molecule has 1 fully saturated rings. The Morgan fingerprint density at radius 3 is 2.45 bits per heavy atom. The Morgan fingerprint density at radius 1 is 1.35 bits per heavy atom. The summed E-state index contributed by atoms with van der Waals surface area (Å²) in [4.78, 5) is 0. The second kappa shape index (κ2) is 7.28. The highest BCUT2D eigenvalue weighted by atomic mass is 32.1. The van der Waals surface area contributed by atoms with E-state index in [1.807, 2.05) is 20.8 Å². The summed E-state index contributed by atoms with van der Waals surface area (Å²) in [6.07, 6.45) is 5.22. The standard InChI is InChI=1S/C13H27N5OS/c1-12(2,3)16-17-13(7-5-4-6-8-13)15-11(20)18(14)9-10-19/h19H,4-10,14H2,1-3H3,(H,15,20)/b17-16+. The third kappa shape index (κ3) is 5.68. The average molecular weight is 301 g/mol. The first-order valence-electron chi connectivity index (χ1n) is 7.17. The number of hydrogen-bond acceptors (Lipinski definition) is 5. The highest BCUT2D eigenvalue weighted by Crippen LogP contribution is 2.30. The number of hydrogen-bond donors (Lipinski definition) is 3. The van der Waals surface area contributed by atoms with E-state index in [0.29, 0.717) is 11.7 Å². The zero-order chi connectivity index (χ0) is 15.2. The third-order valence-electron chi connectivity index (χ3n) is 3.16. The molecular weight excluding hydrogens is 274 g/mol. The van der Waals surface area contributed by atoms with Gasteiger partial charge < -0.3 is 10.4 Å². The maximum Gasteiger partial charge on any atom is 0.185 e. The van der Waals surface area contributed by atoms with Crippen LogP contribution in [-0.4, -0.2) is 39.6 Å². The van der Waals surface area contributed by atoms with Crippen molar-refractivity contribution < 1.29 is 5.11 Å². The summed E-state index contributed by atoms with van der Waals surface area (Å²) in [6.45, 7) is 6.33. The number of thiocarbonyl (C=S) groups is 1. The Kier molecular flexibility index (Phi) is 6.29. The molecule has 0 heterocycles. The normalized spacial score (nSPS) is 19.1. The molecule has 1 rings (SSSR count). The lowest BCUT2D eigenvalue weighted by atomic mass is 9.89. The molecule has 0 aliphatic heterocycles. The quantitative estimate of drug-likeness (QED) is 0.320. The van der Waals surface area contributed by atoms with Gasteiger partial charge in [-0.15, -0.1) is 0 Å². The van der Waals surface area contributed by atoms with Crippen molar-refractivity contribution in [2.75, 3.05) is 13.2 Å². The van der Waals surface area contributed by atoms with Crippen LogP contribution < -0.4 is 11.2 Å². The van der Waals surface area contributed by atoms with Crippen molar-refractivity contribution in [2.24, 2.45) is 16.1 Å². The molecule has 20 heavy (non-hydrogen) atoms. The first kappa shape index (κ1) is 17.3. The molecule has 6 nitrogen and oxygen atoms in total. The van der Waals surface area contributed by atoms with E-state index in [0.717, 1.165) is 25.7 Å². The van der Waals surface area contributed by atoms with Crippen molar-refractivity contribution in [3.63, 3.8) is 0 Å². The summed E-state index contributed by atoms with van der Waals surface area (Å²) < 4.78 is 0. The molecule has 4 N–H and O–H groups in total. The number of azo groups is 1. The monoisotopic (exact) mass is 301 g/mol. The molecule has 0 saturated heterocycles. The molecule has 0 aromatic carbocycles. The van der Waals surface area contributed by atoms with E-state index >= 15 is 0 Å². The number of aliphatic hydroxyl groups is 1. The van der Waals surface area contributed by atoms with Crippen LogP contribution >= 0.6 is 12.2 Å². The van der Waals surface area contributed by atoms with Crippen LogP contribution in [0.25, 0.3) is 0 Å². The van der Waals surface area contributed by atoms with Gasteiger partial charge in [-0.2, -0.15) is 10.2 Å². The number of nitrogens with one attached hydrogen (secondary N) is 1. The van der Waals surface area contributed by atoms with Gasteiger partial charge in [-0.25, -0.2) is 5.84 Å². The van der Waals surface area contributed by atoms with Crippen LogP contribution in [0.3, 0.4) is 0 Å². The first-order valence-corrected chi connectivity index (χ1v) is 7.58. The summed E-state index contributed by atoms with van der Waals surface area (Å²) >= 11 is 5.28. The Balaban J connectivity index is 2.78. The molecule has 7 heteroatoms. The fraction of sp³-hybridized carbons (Fsp3) is 0.923. The lowest BCUT2D eigenvalue weighted by molar-refractivity contribution is 0.227. The molecule has 0 spiro atoms. The molecule has 116 valence electrons. The van der Waals surface area contributed by atoms with Crippen molar-refractivity contribution in [3.05, 3.63) is 0 Å². The van der Waals surface area contributed by atoms with Gasteiger partial charge in [-0.3, -0.25) is 5.01 Å². The molecule has 0 unspecified atom stereocenters.